The number of ether oxygens (including phenoxy) is 1. The van der Waals surface area contributed by atoms with E-state index in [2.05, 4.69) is 5.32 Å². The second kappa shape index (κ2) is 8.68. The van der Waals surface area contributed by atoms with Gasteiger partial charge in [0.1, 0.15) is 5.75 Å². The Labute approximate surface area is 181 Å². The number of hydrogen-bond donors (Lipinski definition) is 1. The summed E-state index contributed by atoms with van der Waals surface area (Å²) in [5, 5.41) is 2.61. The molecule has 164 valence electrons. The number of hydrogen-bond acceptors (Lipinski definition) is 5. The molecule has 2 saturated heterocycles. The minimum atomic E-state index is -3.84. The average Bonchev–Trinajstić information content (AvgIpc) is 3.29. The third kappa shape index (κ3) is 4.42. The van der Waals surface area contributed by atoms with E-state index in [1.165, 1.54) is 12.1 Å². The van der Waals surface area contributed by atoms with Gasteiger partial charge in [-0.1, -0.05) is 18.2 Å². The molecule has 1 N–H and O–H groups in total. The van der Waals surface area contributed by atoms with Crippen molar-refractivity contribution in [3.8, 4) is 5.75 Å². The molecule has 2 fully saturated rings. The van der Waals surface area contributed by atoms with E-state index >= 15 is 0 Å². The van der Waals surface area contributed by atoms with Gasteiger partial charge in [-0.05, 0) is 42.3 Å². The number of sulfonamides is 1. The Kier molecular flexibility index (Phi) is 5.97. The first kappa shape index (κ1) is 21.3. The fourth-order valence-electron chi connectivity index (χ4n) is 4.03. The summed E-state index contributed by atoms with van der Waals surface area (Å²) in [6.07, 6.45) is 0.846. The van der Waals surface area contributed by atoms with Crippen molar-refractivity contribution in [2.45, 2.75) is 17.2 Å². The van der Waals surface area contributed by atoms with Crippen LogP contribution in [-0.4, -0.2) is 69.3 Å². The lowest BCUT2D eigenvalue weighted by Gasteiger charge is -2.26. The molecule has 2 amide bonds. The maximum absolute atomic E-state index is 13.1. The minimum absolute atomic E-state index is 0.0268. The van der Waals surface area contributed by atoms with Crippen LogP contribution in [-0.2, 0) is 14.8 Å². The fraction of sp³-hybridized carbons (Fsp3) is 0.364. The van der Waals surface area contributed by atoms with Crippen LogP contribution in [0.3, 0.4) is 0 Å². The standard InChI is InChI=1S/C22H25N3O5S/c1-30-19-7-5-16(6-8-19)18-9-11-24(14-18)22(27)17-3-2-4-20(13-17)31(28,29)25-12-10-23-21(26)15-25/h2-8,13,18H,9-12,14-15H2,1H3,(H,23,26). The predicted molar refractivity (Wildman–Crippen MR) is 114 cm³/mol. The lowest BCUT2D eigenvalue weighted by Crippen LogP contribution is -2.49. The molecular weight excluding hydrogens is 418 g/mol. The molecule has 2 aliphatic rings. The van der Waals surface area contributed by atoms with Crippen molar-refractivity contribution in [2.24, 2.45) is 0 Å². The molecule has 31 heavy (non-hydrogen) atoms. The summed E-state index contributed by atoms with van der Waals surface area (Å²) < 4.78 is 32.2. The number of rotatable bonds is 5. The third-order valence-corrected chi connectivity index (χ3v) is 7.63. The molecule has 9 heteroatoms. The van der Waals surface area contributed by atoms with E-state index in [1.807, 2.05) is 24.3 Å². The molecule has 0 bridgehead atoms. The first-order valence-electron chi connectivity index (χ1n) is 10.2. The monoisotopic (exact) mass is 443 g/mol. The number of carbonyl (C=O) groups excluding carboxylic acids is 2. The molecule has 2 aromatic carbocycles. The van der Waals surface area contributed by atoms with Gasteiger partial charge >= 0.3 is 0 Å². The van der Waals surface area contributed by atoms with E-state index in [9.17, 15) is 18.0 Å². The number of nitrogens with zero attached hydrogens (tertiary/aromatic N) is 2. The van der Waals surface area contributed by atoms with Crippen molar-refractivity contribution < 1.29 is 22.7 Å². The lowest BCUT2D eigenvalue weighted by molar-refractivity contribution is -0.122. The summed E-state index contributed by atoms with van der Waals surface area (Å²) in [6.45, 7) is 1.46. The van der Waals surface area contributed by atoms with Gasteiger partial charge in [0.05, 0.1) is 18.6 Å². The Morgan fingerprint density at radius 3 is 2.61 bits per heavy atom. The van der Waals surface area contributed by atoms with Crippen molar-refractivity contribution in [3.05, 3.63) is 59.7 Å². The van der Waals surface area contributed by atoms with Gasteiger partial charge in [-0.15, -0.1) is 0 Å². The number of likely N-dealkylation sites (tertiary alicyclic amines) is 1. The van der Waals surface area contributed by atoms with E-state index in [4.69, 9.17) is 4.74 Å². The zero-order valence-corrected chi connectivity index (χ0v) is 18.1. The molecule has 2 heterocycles. The highest BCUT2D eigenvalue weighted by molar-refractivity contribution is 7.89. The van der Waals surface area contributed by atoms with Crippen LogP contribution < -0.4 is 10.1 Å². The molecule has 2 aliphatic heterocycles. The molecule has 8 nitrogen and oxygen atoms in total. The third-order valence-electron chi connectivity index (χ3n) is 5.78. The second-order valence-corrected chi connectivity index (χ2v) is 9.66. The van der Waals surface area contributed by atoms with Crippen LogP contribution in [0.4, 0.5) is 0 Å². The average molecular weight is 444 g/mol. The van der Waals surface area contributed by atoms with Crippen LogP contribution in [0.15, 0.2) is 53.4 Å². The summed E-state index contributed by atoms with van der Waals surface area (Å²) >= 11 is 0. The zero-order valence-electron chi connectivity index (χ0n) is 17.3. The van der Waals surface area contributed by atoms with E-state index < -0.39 is 10.0 Å². The van der Waals surface area contributed by atoms with Crippen molar-refractivity contribution in [3.63, 3.8) is 0 Å². The molecule has 1 atom stereocenters. The Morgan fingerprint density at radius 2 is 1.90 bits per heavy atom. The highest BCUT2D eigenvalue weighted by Gasteiger charge is 2.31. The first-order chi connectivity index (χ1) is 14.9. The Bertz CT molecular complexity index is 1080. The van der Waals surface area contributed by atoms with Crippen LogP contribution in [0.1, 0.15) is 28.3 Å². The summed E-state index contributed by atoms with van der Waals surface area (Å²) in [5.74, 6) is 0.501. The highest BCUT2D eigenvalue weighted by atomic mass is 32.2. The normalized spacial score (nSPS) is 19.8. The van der Waals surface area contributed by atoms with Crippen molar-refractivity contribution in [2.75, 3.05) is 39.8 Å². The minimum Gasteiger partial charge on any atom is -0.497 e. The fourth-order valence-corrected chi connectivity index (χ4v) is 5.48. The molecule has 0 spiro atoms. The van der Waals surface area contributed by atoms with Crippen LogP contribution >= 0.6 is 0 Å². The molecular formula is C22H25N3O5S. The topological polar surface area (TPSA) is 96.0 Å². The van der Waals surface area contributed by atoms with Gasteiger partial charge in [0.25, 0.3) is 5.91 Å². The van der Waals surface area contributed by atoms with Gasteiger partial charge in [0.15, 0.2) is 0 Å². The number of carbonyl (C=O) groups is 2. The summed E-state index contributed by atoms with van der Waals surface area (Å²) in [4.78, 5) is 26.5. The van der Waals surface area contributed by atoms with Crippen LogP contribution in [0.2, 0.25) is 0 Å². The molecule has 4 rings (SSSR count). The SMILES string of the molecule is COc1ccc(C2CCN(C(=O)c3cccc(S(=O)(=O)N4CCNC(=O)C4)c3)C2)cc1. The van der Waals surface area contributed by atoms with E-state index in [0.29, 0.717) is 18.7 Å². The highest BCUT2D eigenvalue weighted by Crippen LogP contribution is 2.29. The summed E-state index contributed by atoms with van der Waals surface area (Å²) in [5.41, 5.74) is 1.48. The van der Waals surface area contributed by atoms with Gasteiger partial charge in [0, 0.05) is 37.7 Å². The van der Waals surface area contributed by atoms with Crippen LogP contribution in [0.5, 0.6) is 5.75 Å². The quantitative estimate of drug-likeness (QED) is 0.755. The van der Waals surface area contributed by atoms with Gasteiger partial charge in [0.2, 0.25) is 15.9 Å². The smallest absolute Gasteiger partial charge is 0.253 e. The van der Waals surface area contributed by atoms with Crippen molar-refractivity contribution >= 4 is 21.8 Å². The van der Waals surface area contributed by atoms with E-state index in [1.54, 1.807) is 24.1 Å². The Balaban J connectivity index is 1.48. The van der Waals surface area contributed by atoms with E-state index in [-0.39, 0.29) is 42.3 Å². The molecule has 1 unspecified atom stereocenters. The predicted octanol–water partition coefficient (Wildman–Crippen LogP) is 1.45. The molecule has 0 aromatic heterocycles. The molecule has 0 radical (unpaired) electrons. The van der Waals surface area contributed by atoms with Gasteiger partial charge < -0.3 is 15.0 Å². The summed E-state index contributed by atoms with van der Waals surface area (Å²) in [6, 6.07) is 13.9. The Hall–Kier alpha value is -2.91. The maximum atomic E-state index is 13.1. The number of benzene rings is 2. The van der Waals surface area contributed by atoms with Gasteiger partial charge in [-0.25, -0.2) is 8.42 Å². The van der Waals surface area contributed by atoms with Crippen molar-refractivity contribution in [1.82, 2.24) is 14.5 Å². The van der Waals surface area contributed by atoms with Gasteiger partial charge in [-0.3, -0.25) is 9.59 Å². The number of methoxy groups -OCH3 is 1. The molecule has 2 aromatic rings. The molecule has 0 saturated carbocycles. The largest absolute Gasteiger partial charge is 0.497 e. The number of nitrogens with one attached hydrogen (secondary N) is 1. The maximum Gasteiger partial charge on any atom is 0.253 e. The number of piperazine rings is 1. The van der Waals surface area contributed by atoms with Gasteiger partial charge in [-0.2, -0.15) is 4.31 Å². The summed E-state index contributed by atoms with van der Waals surface area (Å²) in [7, 11) is -2.22. The Morgan fingerprint density at radius 1 is 1.13 bits per heavy atom. The van der Waals surface area contributed by atoms with Crippen LogP contribution in [0, 0.1) is 0 Å². The van der Waals surface area contributed by atoms with E-state index in [0.717, 1.165) is 22.0 Å². The first-order valence-corrected chi connectivity index (χ1v) is 11.6. The number of amides is 2. The van der Waals surface area contributed by atoms with Crippen LogP contribution in [0.25, 0.3) is 0 Å². The molecule has 0 aliphatic carbocycles. The lowest BCUT2D eigenvalue weighted by atomic mass is 9.98. The second-order valence-electron chi connectivity index (χ2n) is 7.73. The zero-order chi connectivity index (χ0) is 22.0. The van der Waals surface area contributed by atoms with Crippen molar-refractivity contribution in [1.29, 1.82) is 0 Å².